The molecule has 2 saturated heterocycles. The van der Waals surface area contributed by atoms with Crippen LogP contribution in [-0.4, -0.2) is 47.8 Å². The van der Waals surface area contributed by atoms with Crippen molar-refractivity contribution in [2.45, 2.75) is 51.9 Å². The molecule has 3 fully saturated rings. The summed E-state index contributed by atoms with van der Waals surface area (Å²) in [7, 11) is 0. The maximum atomic E-state index is 13.6. The first kappa shape index (κ1) is 22.3. The van der Waals surface area contributed by atoms with Crippen LogP contribution in [-0.2, 0) is 9.59 Å². The van der Waals surface area contributed by atoms with Gasteiger partial charge in [-0.05, 0) is 67.2 Å². The van der Waals surface area contributed by atoms with Crippen molar-refractivity contribution in [1.82, 2.24) is 9.80 Å². The molecule has 1 aromatic rings. The molecule has 0 unspecified atom stereocenters. The minimum Gasteiger partial charge on any atom is -0.342 e. The molecule has 4 nitrogen and oxygen atoms in total. The Balaban J connectivity index is 1.46. The number of carbonyl (C=O) groups excluding carboxylic acids is 2. The number of benzene rings is 1. The summed E-state index contributed by atoms with van der Waals surface area (Å²) in [6, 6.07) is 4.56. The van der Waals surface area contributed by atoms with Crippen LogP contribution in [0.4, 0.5) is 4.39 Å². The summed E-state index contributed by atoms with van der Waals surface area (Å²) in [4.78, 5) is 29.2. The molecule has 1 aromatic carbocycles. The lowest BCUT2D eigenvalue weighted by atomic mass is 9.64. The summed E-state index contributed by atoms with van der Waals surface area (Å²) < 4.78 is 13.6. The van der Waals surface area contributed by atoms with Gasteiger partial charge >= 0.3 is 0 Å². The Morgan fingerprint density at radius 3 is 2.45 bits per heavy atom. The lowest BCUT2D eigenvalue weighted by molar-refractivity contribution is -0.149. The van der Waals surface area contributed by atoms with Gasteiger partial charge in [-0.25, -0.2) is 4.39 Å². The second-order valence-electron chi connectivity index (χ2n) is 10.5. The second-order valence-corrected chi connectivity index (χ2v) is 10.9. The molecule has 0 N–H and O–H groups in total. The first-order valence-electron chi connectivity index (χ1n) is 11.3. The van der Waals surface area contributed by atoms with Gasteiger partial charge in [0.25, 0.3) is 0 Å². The molecule has 1 saturated carbocycles. The van der Waals surface area contributed by atoms with E-state index in [-0.39, 0.29) is 40.3 Å². The fourth-order valence-electron chi connectivity index (χ4n) is 5.81. The van der Waals surface area contributed by atoms with E-state index in [4.69, 9.17) is 11.6 Å². The van der Waals surface area contributed by atoms with Gasteiger partial charge in [0.15, 0.2) is 0 Å². The van der Waals surface area contributed by atoms with Crippen molar-refractivity contribution in [2.75, 3.05) is 26.2 Å². The van der Waals surface area contributed by atoms with Gasteiger partial charge in [0.1, 0.15) is 5.82 Å². The fraction of sp³-hybridized carbons (Fsp3) is 0.600. The Labute approximate surface area is 189 Å². The van der Waals surface area contributed by atoms with Crippen LogP contribution in [0.3, 0.4) is 0 Å². The predicted octanol–water partition coefficient (Wildman–Crippen LogP) is 5.03. The highest BCUT2D eigenvalue weighted by Gasteiger charge is 2.48. The van der Waals surface area contributed by atoms with Gasteiger partial charge in [-0.2, -0.15) is 0 Å². The van der Waals surface area contributed by atoms with Crippen molar-refractivity contribution >= 4 is 23.4 Å². The molecule has 1 spiro atoms. The average Bonchev–Trinajstić information content (AvgIpc) is 2.70. The molecule has 0 aromatic heterocycles. The number of rotatable bonds is 3. The van der Waals surface area contributed by atoms with Gasteiger partial charge in [-0.15, -0.1) is 0 Å². The molecular formula is C25H32ClFN2O2. The van der Waals surface area contributed by atoms with Crippen LogP contribution in [0.5, 0.6) is 0 Å². The molecule has 2 heterocycles. The Kier molecular flexibility index (Phi) is 5.93. The molecule has 6 heteroatoms. The number of hydrogen-bond acceptors (Lipinski definition) is 2. The summed E-state index contributed by atoms with van der Waals surface area (Å²) >= 11 is 6.42. The quantitative estimate of drug-likeness (QED) is 0.611. The monoisotopic (exact) mass is 446 g/mol. The first-order chi connectivity index (χ1) is 14.6. The largest absolute Gasteiger partial charge is 0.342 e. The maximum Gasteiger partial charge on any atom is 0.245 e. The van der Waals surface area contributed by atoms with E-state index in [2.05, 4.69) is 20.4 Å². The molecule has 3 aliphatic rings. The third-order valence-electron chi connectivity index (χ3n) is 7.74. The topological polar surface area (TPSA) is 40.6 Å². The average molecular weight is 447 g/mol. The lowest BCUT2D eigenvalue weighted by Crippen LogP contribution is -2.62. The Morgan fingerprint density at radius 1 is 1.16 bits per heavy atom. The van der Waals surface area contributed by atoms with Gasteiger partial charge in [0.05, 0.1) is 0 Å². The highest BCUT2D eigenvalue weighted by molar-refractivity contribution is 6.31. The van der Waals surface area contributed by atoms with Crippen molar-refractivity contribution in [1.29, 1.82) is 0 Å². The van der Waals surface area contributed by atoms with Crippen LogP contribution < -0.4 is 0 Å². The summed E-state index contributed by atoms with van der Waals surface area (Å²) in [6.07, 6.45) is 5.92. The van der Waals surface area contributed by atoms with Crippen LogP contribution in [0, 0.1) is 22.6 Å². The third kappa shape index (κ3) is 4.39. The van der Waals surface area contributed by atoms with Gasteiger partial charge in [-0.1, -0.05) is 38.1 Å². The van der Waals surface area contributed by atoms with E-state index in [9.17, 15) is 14.0 Å². The van der Waals surface area contributed by atoms with E-state index in [0.717, 1.165) is 63.8 Å². The molecule has 0 radical (unpaired) electrons. The van der Waals surface area contributed by atoms with Crippen molar-refractivity contribution in [3.63, 3.8) is 0 Å². The number of halogens is 2. The van der Waals surface area contributed by atoms with Crippen molar-refractivity contribution in [3.05, 3.63) is 47.3 Å². The Bertz CT molecular complexity index is 884. The molecule has 2 amide bonds. The van der Waals surface area contributed by atoms with Crippen molar-refractivity contribution in [3.8, 4) is 0 Å². The zero-order valence-electron chi connectivity index (χ0n) is 18.5. The lowest BCUT2D eigenvalue weighted by Gasteiger charge is -2.54. The van der Waals surface area contributed by atoms with E-state index in [1.165, 1.54) is 18.2 Å². The van der Waals surface area contributed by atoms with E-state index in [1.54, 1.807) is 6.07 Å². The zero-order chi connectivity index (χ0) is 22.4. The van der Waals surface area contributed by atoms with Crippen LogP contribution in [0.1, 0.15) is 57.4 Å². The predicted molar refractivity (Wildman–Crippen MR) is 120 cm³/mol. The normalized spacial score (nSPS) is 27.0. The van der Waals surface area contributed by atoms with E-state index in [1.807, 2.05) is 9.80 Å². The van der Waals surface area contributed by atoms with Crippen molar-refractivity contribution < 1.29 is 14.0 Å². The molecule has 0 bridgehead atoms. The van der Waals surface area contributed by atoms with Crippen molar-refractivity contribution in [2.24, 2.45) is 16.7 Å². The van der Waals surface area contributed by atoms with Gasteiger partial charge in [-0.3, -0.25) is 9.59 Å². The number of likely N-dealkylation sites (tertiary alicyclic amines) is 2. The SMILES string of the molecule is C=CC(=O)N1CC2(CCN(C(=O)[C@H]3CCC(C)(C)C[C@@H]3c3ccc(F)cc3Cl)CC2)C1. The highest BCUT2D eigenvalue weighted by Crippen LogP contribution is 2.49. The molecule has 2 aliphatic heterocycles. The maximum absolute atomic E-state index is 13.6. The number of amides is 2. The molecule has 2 atom stereocenters. The number of carbonyl (C=O) groups is 2. The molecule has 1 aliphatic carbocycles. The minimum absolute atomic E-state index is 0.00430. The van der Waals surface area contributed by atoms with Gasteiger partial charge in [0.2, 0.25) is 11.8 Å². The minimum atomic E-state index is -0.350. The molecule has 168 valence electrons. The van der Waals surface area contributed by atoms with Crippen LogP contribution in [0.2, 0.25) is 5.02 Å². The van der Waals surface area contributed by atoms with E-state index >= 15 is 0 Å². The molecule has 4 rings (SSSR count). The zero-order valence-corrected chi connectivity index (χ0v) is 19.3. The number of nitrogens with zero attached hydrogens (tertiary/aromatic N) is 2. The van der Waals surface area contributed by atoms with Gasteiger partial charge in [0, 0.05) is 42.5 Å². The van der Waals surface area contributed by atoms with Crippen LogP contribution in [0.15, 0.2) is 30.9 Å². The Morgan fingerprint density at radius 2 is 1.84 bits per heavy atom. The molecular weight excluding hydrogens is 415 g/mol. The fourth-order valence-corrected chi connectivity index (χ4v) is 6.12. The number of piperidine rings is 1. The number of hydrogen-bond donors (Lipinski definition) is 0. The highest BCUT2D eigenvalue weighted by atomic mass is 35.5. The third-order valence-corrected chi connectivity index (χ3v) is 8.07. The Hall–Kier alpha value is -1.88. The first-order valence-corrected chi connectivity index (χ1v) is 11.7. The standard InChI is InChI=1S/C25H32ClFN2O2/c1-4-22(30)29-15-25(16-29)9-11-28(12-10-25)23(31)19-7-8-24(2,3)14-20(19)18-6-5-17(27)13-21(18)26/h4-6,13,19-20H,1,7-12,14-16H2,2-3H3/t19-,20+/m0/s1. The van der Waals surface area contributed by atoms with Gasteiger partial charge < -0.3 is 9.80 Å². The summed E-state index contributed by atoms with van der Waals surface area (Å²) in [6.45, 7) is 11.0. The van der Waals surface area contributed by atoms with Crippen LogP contribution in [0.25, 0.3) is 0 Å². The van der Waals surface area contributed by atoms with E-state index < -0.39 is 0 Å². The van der Waals surface area contributed by atoms with E-state index in [0.29, 0.717) is 5.02 Å². The van der Waals surface area contributed by atoms with Crippen LogP contribution >= 0.6 is 11.6 Å². The summed E-state index contributed by atoms with van der Waals surface area (Å²) in [5, 5.41) is 0.416. The smallest absolute Gasteiger partial charge is 0.245 e. The second kappa shape index (κ2) is 8.23. The summed E-state index contributed by atoms with van der Waals surface area (Å²) in [5.41, 5.74) is 1.17. The molecule has 31 heavy (non-hydrogen) atoms. The summed E-state index contributed by atoms with van der Waals surface area (Å²) in [5.74, 6) is -0.269.